The normalized spacial score (nSPS) is 14.3. The smallest absolute Gasteiger partial charge is 0.238 e. The fourth-order valence-electron chi connectivity index (χ4n) is 3.23. The Kier molecular flexibility index (Phi) is 5.92. The molecule has 0 bridgehead atoms. The van der Waals surface area contributed by atoms with Crippen LogP contribution in [0.2, 0.25) is 0 Å². The Morgan fingerprint density at radius 2 is 1.78 bits per heavy atom. The van der Waals surface area contributed by atoms with Crippen molar-refractivity contribution < 1.29 is 17.6 Å². The van der Waals surface area contributed by atoms with Gasteiger partial charge in [-0.25, -0.2) is 12.8 Å². The Labute approximate surface area is 159 Å². The Morgan fingerprint density at radius 1 is 1.11 bits per heavy atom. The lowest BCUT2D eigenvalue weighted by Crippen LogP contribution is -2.44. The predicted octanol–water partition coefficient (Wildman–Crippen LogP) is 2.21. The fraction of sp³-hybridized carbons (Fsp3) is 0.350. The summed E-state index contributed by atoms with van der Waals surface area (Å²) in [6, 6.07) is 13.9. The molecule has 0 spiro atoms. The van der Waals surface area contributed by atoms with E-state index in [0.717, 1.165) is 23.8 Å². The highest BCUT2D eigenvalue weighted by Crippen LogP contribution is 2.19. The second-order valence-electron chi connectivity index (χ2n) is 6.81. The summed E-state index contributed by atoms with van der Waals surface area (Å²) in [7, 11) is -3.53. The van der Waals surface area contributed by atoms with E-state index in [-0.39, 0.29) is 24.8 Å². The average Bonchev–Trinajstić information content (AvgIpc) is 2.65. The Balaban J connectivity index is 1.64. The van der Waals surface area contributed by atoms with Crippen LogP contribution in [-0.2, 0) is 34.2 Å². The van der Waals surface area contributed by atoms with Gasteiger partial charge in [0.2, 0.25) is 15.9 Å². The van der Waals surface area contributed by atoms with Gasteiger partial charge >= 0.3 is 0 Å². The number of benzene rings is 2. The van der Waals surface area contributed by atoms with Crippen LogP contribution in [0.25, 0.3) is 0 Å². The molecule has 27 heavy (non-hydrogen) atoms. The number of fused-ring (bicyclic) bond motifs is 1. The molecule has 2 aromatic rings. The van der Waals surface area contributed by atoms with Crippen molar-refractivity contribution in [3.05, 3.63) is 71.0 Å². The number of rotatable bonds is 6. The zero-order chi connectivity index (χ0) is 19.4. The van der Waals surface area contributed by atoms with Crippen LogP contribution in [0.3, 0.4) is 0 Å². The van der Waals surface area contributed by atoms with Crippen molar-refractivity contribution in [3.8, 4) is 0 Å². The van der Waals surface area contributed by atoms with E-state index in [1.165, 1.54) is 22.0 Å². The minimum absolute atomic E-state index is 0.178. The van der Waals surface area contributed by atoms with Crippen LogP contribution in [0.1, 0.15) is 16.7 Å². The molecule has 1 aliphatic rings. The number of halogens is 1. The number of sulfonamides is 1. The van der Waals surface area contributed by atoms with E-state index in [1.807, 2.05) is 18.2 Å². The summed E-state index contributed by atoms with van der Waals surface area (Å²) in [6.07, 6.45) is 2.30. The van der Waals surface area contributed by atoms with E-state index in [9.17, 15) is 17.6 Å². The molecule has 0 aromatic heterocycles. The van der Waals surface area contributed by atoms with Crippen molar-refractivity contribution >= 4 is 15.9 Å². The summed E-state index contributed by atoms with van der Waals surface area (Å²) in [5.41, 5.74) is 3.16. The molecule has 0 saturated heterocycles. The van der Waals surface area contributed by atoms with Crippen molar-refractivity contribution in [1.29, 1.82) is 0 Å². The highest BCUT2D eigenvalue weighted by molar-refractivity contribution is 7.88. The lowest BCUT2D eigenvalue weighted by atomic mass is 10.00. The van der Waals surface area contributed by atoms with Crippen LogP contribution in [0.15, 0.2) is 48.5 Å². The second kappa shape index (κ2) is 8.19. The fourth-order valence-corrected chi connectivity index (χ4v) is 3.99. The van der Waals surface area contributed by atoms with Gasteiger partial charge in [0.05, 0.1) is 12.8 Å². The van der Waals surface area contributed by atoms with E-state index >= 15 is 0 Å². The third-order valence-electron chi connectivity index (χ3n) is 4.83. The molecule has 144 valence electrons. The van der Waals surface area contributed by atoms with Crippen LogP contribution in [0.5, 0.6) is 0 Å². The maximum Gasteiger partial charge on any atom is 0.238 e. The number of carbonyl (C=O) groups excluding carboxylic acids is 1. The molecule has 0 aliphatic carbocycles. The molecule has 5 nitrogen and oxygen atoms in total. The van der Waals surface area contributed by atoms with Gasteiger partial charge in [-0.15, -0.1) is 0 Å². The van der Waals surface area contributed by atoms with Crippen molar-refractivity contribution in [2.45, 2.75) is 19.4 Å². The molecule has 1 aliphatic heterocycles. The summed E-state index contributed by atoms with van der Waals surface area (Å²) >= 11 is 0. The van der Waals surface area contributed by atoms with Crippen molar-refractivity contribution in [2.75, 3.05) is 25.9 Å². The third kappa shape index (κ3) is 5.14. The molecule has 0 radical (unpaired) electrons. The van der Waals surface area contributed by atoms with Gasteiger partial charge in [0.15, 0.2) is 0 Å². The first-order valence-electron chi connectivity index (χ1n) is 8.87. The highest BCUT2D eigenvalue weighted by atomic mass is 32.2. The molecule has 0 N–H and O–H groups in total. The number of hydrogen-bond donors (Lipinski definition) is 0. The molecule has 3 rings (SSSR count). The van der Waals surface area contributed by atoms with Crippen LogP contribution >= 0.6 is 0 Å². The molecule has 7 heteroatoms. The van der Waals surface area contributed by atoms with Gasteiger partial charge in [0.1, 0.15) is 5.82 Å². The van der Waals surface area contributed by atoms with Crippen LogP contribution in [0, 0.1) is 5.82 Å². The molecular formula is C20H23FN2O3S. The first kappa shape index (κ1) is 19.5. The van der Waals surface area contributed by atoms with Gasteiger partial charge < -0.3 is 4.90 Å². The van der Waals surface area contributed by atoms with Gasteiger partial charge in [-0.1, -0.05) is 36.4 Å². The number of amides is 1. The van der Waals surface area contributed by atoms with Crippen molar-refractivity contribution in [3.63, 3.8) is 0 Å². The molecule has 0 atom stereocenters. The van der Waals surface area contributed by atoms with Crippen molar-refractivity contribution in [1.82, 2.24) is 9.21 Å². The minimum Gasteiger partial charge on any atom is -0.337 e. The predicted molar refractivity (Wildman–Crippen MR) is 102 cm³/mol. The van der Waals surface area contributed by atoms with Crippen LogP contribution in [0.4, 0.5) is 4.39 Å². The lowest BCUT2D eigenvalue weighted by Gasteiger charge is -2.30. The van der Waals surface area contributed by atoms with Gasteiger partial charge in [0, 0.05) is 19.6 Å². The topological polar surface area (TPSA) is 57.7 Å². The van der Waals surface area contributed by atoms with E-state index in [0.29, 0.717) is 19.5 Å². The summed E-state index contributed by atoms with van der Waals surface area (Å²) in [5.74, 6) is -0.534. The van der Waals surface area contributed by atoms with Gasteiger partial charge in [-0.2, -0.15) is 4.31 Å². The zero-order valence-corrected chi connectivity index (χ0v) is 16.1. The minimum atomic E-state index is -3.53. The van der Waals surface area contributed by atoms with Gasteiger partial charge in [-0.05, 0) is 41.7 Å². The summed E-state index contributed by atoms with van der Waals surface area (Å²) in [6.45, 7) is 1.10. The van der Waals surface area contributed by atoms with Crippen LogP contribution in [-0.4, -0.2) is 49.4 Å². The number of hydrogen-bond acceptors (Lipinski definition) is 3. The van der Waals surface area contributed by atoms with E-state index in [4.69, 9.17) is 0 Å². The molecule has 0 fully saturated rings. The first-order chi connectivity index (χ1) is 12.8. The van der Waals surface area contributed by atoms with E-state index < -0.39 is 10.0 Å². The maximum atomic E-state index is 13.0. The molecule has 1 amide bonds. The summed E-state index contributed by atoms with van der Waals surface area (Å²) in [4.78, 5) is 14.4. The third-order valence-corrected chi connectivity index (χ3v) is 6.08. The van der Waals surface area contributed by atoms with Crippen molar-refractivity contribution in [2.24, 2.45) is 0 Å². The molecular weight excluding hydrogens is 367 g/mol. The monoisotopic (exact) mass is 390 g/mol. The average molecular weight is 390 g/mol. The summed E-state index contributed by atoms with van der Waals surface area (Å²) < 4.78 is 38.4. The SMILES string of the molecule is CS(=O)(=O)N(CCc1ccc(F)cc1)CC(=O)N1CCc2ccccc2C1. The molecule has 2 aromatic carbocycles. The first-order valence-corrected chi connectivity index (χ1v) is 10.7. The van der Waals surface area contributed by atoms with E-state index in [2.05, 4.69) is 6.07 Å². The second-order valence-corrected chi connectivity index (χ2v) is 8.79. The summed E-state index contributed by atoms with van der Waals surface area (Å²) in [5, 5.41) is 0. The molecule has 1 heterocycles. The van der Waals surface area contributed by atoms with Gasteiger partial charge in [-0.3, -0.25) is 4.79 Å². The molecule has 0 saturated carbocycles. The highest BCUT2D eigenvalue weighted by Gasteiger charge is 2.25. The Hall–Kier alpha value is -2.25. The van der Waals surface area contributed by atoms with Crippen LogP contribution < -0.4 is 0 Å². The largest absolute Gasteiger partial charge is 0.337 e. The molecule has 0 unspecified atom stereocenters. The standard InChI is InChI=1S/C20H23FN2O3S/c1-27(25,26)23(13-10-16-6-8-19(21)9-7-16)15-20(24)22-12-11-17-4-2-3-5-18(17)14-22/h2-9H,10-15H2,1H3. The quantitative estimate of drug-likeness (QED) is 0.760. The van der Waals surface area contributed by atoms with E-state index in [1.54, 1.807) is 17.0 Å². The zero-order valence-electron chi connectivity index (χ0n) is 15.3. The maximum absolute atomic E-state index is 13.0. The lowest BCUT2D eigenvalue weighted by molar-refractivity contribution is -0.132. The number of carbonyl (C=O) groups is 1. The Bertz CT molecular complexity index is 913. The Morgan fingerprint density at radius 3 is 2.44 bits per heavy atom. The van der Waals surface area contributed by atoms with Gasteiger partial charge in [0.25, 0.3) is 0 Å². The number of nitrogens with zero attached hydrogens (tertiary/aromatic N) is 2.